The van der Waals surface area contributed by atoms with Crippen LogP contribution < -0.4 is 10.4 Å². The fourth-order valence-corrected chi connectivity index (χ4v) is 2.58. The summed E-state index contributed by atoms with van der Waals surface area (Å²) in [5.74, 6) is -0.832. The van der Waals surface area contributed by atoms with E-state index in [1.807, 2.05) is 6.07 Å². The first-order valence-corrected chi connectivity index (χ1v) is 8.39. The fraction of sp³-hybridized carbons (Fsp3) is 0.0500. The van der Waals surface area contributed by atoms with Crippen LogP contribution in [0.4, 0.5) is 0 Å². The summed E-state index contributed by atoms with van der Waals surface area (Å²) in [4.78, 5) is 23.2. The molecule has 7 nitrogen and oxygen atoms in total. The van der Waals surface area contributed by atoms with Crippen LogP contribution in [0.15, 0.2) is 63.1 Å². The van der Waals surface area contributed by atoms with Crippen molar-refractivity contribution in [3.8, 4) is 17.4 Å². The summed E-state index contributed by atoms with van der Waals surface area (Å²) >= 11 is 5.82. The van der Waals surface area contributed by atoms with Crippen LogP contribution in [0, 0.1) is 11.3 Å². The molecule has 0 fully saturated rings. The molecular formula is C20H12ClN2O5-. The molecule has 0 atom stereocenters. The average Bonchev–Trinajstić information content (AvgIpc) is 3.36. The smallest absolute Gasteiger partial charge is 0.262 e. The highest BCUT2D eigenvalue weighted by molar-refractivity contribution is 6.33. The van der Waals surface area contributed by atoms with E-state index >= 15 is 0 Å². The number of carbonyl (C=O) groups excluding carboxylic acids is 2. The lowest BCUT2D eigenvalue weighted by Crippen LogP contribution is -2.23. The lowest BCUT2D eigenvalue weighted by Gasteiger charge is -2.06. The maximum atomic E-state index is 12.1. The Hall–Kier alpha value is -3.76. The fourth-order valence-electron chi connectivity index (χ4n) is 2.39. The Morgan fingerprint density at radius 2 is 2.07 bits per heavy atom. The van der Waals surface area contributed by atoms with Gasteiger partial charge in [-0.1, -0.05) is 11.6 Å². The third-order valence-corrected chi connectivity index (χ3v) is 4.08. The first kappa shape index (κ1) is 19.0. The minimum atomic E-state index is -1.40. The van der Waals surface area contributed by atoms with Gasteiger partial charge in [-0.2, -0.15) is 5.26 Å². The highest BCUT2D eigenvalue weighted by atomic mass is 35.5. The molecule has 1 N–H and O–H groups in total. The predicted octanol–water partition coefficient (Wildman–Crippen LogP) is 2.78. The van der Waals surface area contributed by atoms with Gasteiger partial charge in [-0.15, -0.1) is 0 Å². The van der Waals surface area contributed by atoms with E-state index in [1.54, 1.807) is 30.3 Å². The van der Waals surface area contributed by atoms with Crippen LogP contribution in [-0.2, 0) is 11.3 Å². The summed E-state index contributed by atoms with van der Waals surface area (Å²) in [5, 5.41) is 22.9. The van der Waals surface area contributed by atoms with E-state index in [0.717, 1.165) is 0 Å². The SMILES string of the molecule is N#C/C(=C\c1ccc(-c2ccc(Cl)c(C(=O)[O-])c2)o1)C(=O)NCc1ccco1. The summed E-state index contributed by atoms with van der Waals surface area (Å²) in [6.45, 7) is 0.144. The quantitative estimate of drug-likeness (QED) is 0.506. The standard InChI is InChI=1S/C20H13ClN2O5/c21-17-5-3-12(9-16(17)20(25)26)18-6-4-14(28-18)8-13(10-22)19(24)23-11-15-2-1-7-27-15/h1-9H,11H2,(H,23,24)(H,25,26)/p-1/b13-8+. The number of hydrogen-bond acceptors (Lipinski definition) is 6. The van der Waals surface area contributed by atoms with E-state index in [-0.39, 0.29) is 28.5 Å². The molecule has 1 amide bonds. The highest BCUT2D eigenvalue weighted by Crippen LogP contribution is 2.27. The van der Waals surface area contributed by atoms with Crippen LogP contribution in [0.5, 0.6) is 0 Å². The molecule has 0 saturated heterocycles. The van der Waals surface area contributed by atoms with Crippen molar-refractivity contribution in [2.45, 2.75) is 6.54 Å². The molecule has 0 aliphatic carbocycles. The second-order valence-corrected chi connectivity index (χ2v) is 6.02. The number of amides is 1. The zero-order valence-corrected chi connectivity index (χ0v) is 15.0. The van der Waals surface area contributed by atoms with Gasteiger partial charge in [-0.05, 0) is 42.5 Å². The normalized spacial score (nSPS) is 11.1. The summed E-state index contributed by atoms with van der Waals surface area (Å²) in [7, 11) is 0. The maximum Gasteiger partial charge on any atom is 0.262 e. The Kier molecular flexibility index (Phi) is 5.63. The number of benzene rings is 1. The number of halogens is 1. The van der Waals surface area contributed by atoms with E-state index < -0.39 is 11.9 Å². The van der Waals surface area contributed by atoms with E-state index in [9.17, 15) is 20.0 Å². The zero-order valence-electron chi connectivity index (χ0n) is 14.3. The summed E-state index contributed by atoms with van der Waals surface area (Å²) < 4.78 is 10.7. The largest absolute Gasteiger partial charge is 0.545 e. The van der Waals surface area contributed by atoms with Crippen LogP contribution in [0.25, 0.3) is 17.4 Å². The van der Waals surface area contributed by atoms with Crippen LogP contribution in [0.3, 0.4) is 0 Å². The van der Waals surface area contributed by atoms with Gasteiger partial charge in [0, 0.05) is 22.2 Å². The number of rotatable bonds is 6. The molecule has 28 heavy (non-hydrogen) atoms. The average molecular weight is 396 g/mol. The van der Waals surface area contributed by atoms with Gasteiger partial charge in [0.05, 0.1) is 18.8 Å². The third kappa shape index (κ3) is 4.31. The molecule has 0 radical (unpaired) electrons. The van der Waals surface area contributed by atoms with E-state index in [0.29, 0.717) is 17.1 Å². The predicted molar refractivity (Wildman–Crippen MR) is 97.6 cm³/mol. The van der Waals surface area contributed by atoms with Crippen molar-refractivity contribution in [1.29, 1.82) is 5.26 Å². The van der Waals surface area contributed by atoms with E-state index in [1.165, 1.54) is 24.5 Å². The molecule has 0 aliphatic rings. The first-order valence-electron chi connectivity index (χ1n) is 8.01. The molecule has 1 aromatic carbocycles. The Morgan fingerprint density at radius 1 is 1.25 bits per heavy atom. The summed E-state index contributed by atoms with van der Waals surface area (Å²) in [5.41, 5.74) is 0.144. The molecule has 0 bridgehead atoms. The Labute approximate surface area is 164 Å². The number of nitrogens with zero attached hydrogens (tertiary/aromatic N) is 1. The Morgan fingerprint density at radius 3 is 2.75 bits per heavy atom. The summed E-state index contributed by atoms with van der Waals surface area (Å²) in [6, 6.07) is 12.7. The number of aromatic carboxylic acids is 1. The van der Waals surface area contributed by atoms with Gasteiger partial charge in [-0.3, -0.25) is 4.79 Å². The van der Waals surface area contributed by atoms with Crippen molar-refractivity contribution in [3.63, 3.8) is 0 Å². The molecule has 2 aromatic heterocycles. The van der Waals surface area contributed by atoms with Crippen LogP contribution in [0.2, 0.25) is 5.02 Å². The minimum absolute atomic E-state index is 0.0513. The molecule has 140 valence electrons. The van der Waals surface area contributed by atoms with E-state index in [2.05, 4.69) is 5.32 Å². The second-order valence-electron chi connectivity index (χ2n) is 5.62. The third-order valence-electron chi connectivity index (χ3n) is 3.75. The molecule has 0 saturated carbocycles. The van der Waals surface area contributed by atoms with Gasteiger partial charge in [0.2, 0.25) is 0 Å². The van der Waals surface area contributed by atoms with Crippen molar-refractivity contribution < 1.29 is 23.5 Å². The summed E-state index contributed by atoms with van der Waals surface area (Å²) in [6.07, 6.45) is 2.77. The maximum absolute atomic E-state index is 12.1. The first-order chi connectivity index (χ1) is 13.5. The molecule has 0 aliphatic heterocycles. The lowest BCUT2D eigenvalue weighted by molar-refractivity contribution is -0.255. The number of carboxylic acid groups (broad SMARTS) is 1. The van der Waals surface area contributed by atoms with Crippen molar-refractivity contribution in [2.75, 3.05) is 0 Å². The number of nitrogens with one attached hydrogen (secondary N) is 1. The van der Waals surface area contributed by atoms with Crippen molar-refractivity contribution >= 4 is 29.6 Å². The molecule has 8 heteroatoms. The second kappa shape index (κ2) is 8.29. The topological polar surface area (TPSA) is 119 Å². The molecule has 0 spiro atoms. The van der Waals surface area contributed by atoms with Gasteiger partial charge < -0.3 is 24.1 Å². The van der Waals surface area contributed by atoms with Crippen LogP contribution >= 0.6 is 11.6 Å². The number of furan rings is 2. The van der Waals surface area contributed by atoms with Gasteiger partial charge in [0.25, 0.3) is 5.91 Å². The monoisotopic (exact) mass is 395 g/mol. The number of nitriles is 1. The van der Waals surface area contributed by atoms with Crippen LogP contribution in [-0.4, -0.2) is 11.9 Å². The number of carbonyl (C=O) groups is 2. The Balaban J connectivity index is 1.78. The van der Waals surface area contributed by atoms with Gasteiger partial charge in [-0.25, -0.2) is 0 Å². The van der Waals surface area contributed by atoms with Gasteiger partial charge >= 0.3 is 0 Å². The Bertz CT molecular complexity index is 1090. The van der Waals surface area contributed by atoms with Crippen LogP contribution in [0.1, 0.15) is 21.9 Å². The van der Waals surface area contributed by atoms with Crippen molar-refractivity contribution in [1.82, 2.24) is 5.32 Å². The highest BCUT2D eigenvalue weighted by Gasteiger charge is 2.12. The number of carboxylic acids is 1. The molecule has 0 unspecified atom stereocenters. The molecule has 3 aromatic rings. The van der Waals surface area contributed by atoms with E-state index in [4.69, 9.17) is 20.4 Å². The van der Waals surface area contributed by atoms with Gasteiger partial charge in [0.1, 0.15) is 28.9 Å². The van der Waals surface area contributed by atoms with Crippen molar-refractivity contribution in [2.24, 2.45) is 0 Å². The molecule has 2 heterocycles. The lowest BCUT2D eigenvalue weighted by atomic mass is 10.1. The molecule has 3 rings (SSSR count). The van der Waals surface area contributed by atoms with Crippen molar-refractivity contribution in [3.05, 3.63) is 76.4 Å². The minimum Gasteiger partial charge on any atom is -0.545 e. The number of hydrogen-bond donors (Lipinski definition) is 1. The zero-order chi connectivity index (χ0) is 20.1. The van der Waals surface area contributed by atoms with Gasteiger partial charge in [0.15, 0.2) is 0 Å². The molecular weight excluding hydrogens is 384 g/mol.